The molecule has 1 saturated heterocycles. The highest BCUT2D eigenvalue weighted by Gasteiger charge is 2.36. The van der Waals surface area contributed by atoms with Crippen molar-refractivity contribution < 1.29 is 9.90 Å². The van der Waals surface area contributed by atoms with Crippen molar-refractivity contribution in [3.05, 3.63) is 24.3 Å². The first-order valence-corrected chi connectivity index (χ1v) is 5.41. The van der Waals surface area contributed by atoms with Gasteiger partial charge in [0.05, 0.1) is 5.41 Å². The smallest absolute Gasteiger partial charge is 0.231 e. The van der Waals surface area contributed by atoms with Gasteiger partial charge in [0, 0.05) is 18.3 Å². The first-order valence-electron chi connectivity index (χ1n) is 5.41. The zero-order chi connectivity index (χ0) is 11.6. The number of benzene rings is 1. The van der Waals surface area contributed by atoms with E-state index in [9.17, 15) is 9.90 Å². The van der Waals surface area contributed by atoms with Crippen molar-refractivity contribution in [1.29, 1.82) is 0 Å². The number of phenols is 1. The van der Waals surface area contributed by atoms with E-state index in [1.54, 1.807) is 24.3 Å². The fourth-order valence-corrected chi connectivity index (χ4v) is 1.88. The number of anilines is 1. The van der Waals surface area contributed by atoms with Gasteiger partial charge in [0.2, 0.25) is 5.91 Å². The summed E-state index contributed by atoms with van der Waals surface area (Å²) in [6, 6.07) is 6.60. The van der Waals surface area contributed by atoms with E-state index in [2.05, 4.69) is 10.6 Å². The molecule has 0 spiro atoms. The molecule has 2 rings (SSSR count). The Morgan fingerprint density at radius 3 is 2.88 bits per heavy atom. The van der Waals surface area contributed by atoms with Crippen molar-refractivity contribution in [3.8, 4) is 5.75 Å². The minimum Gasteiger partial charge on any atom is -0.508 e. The Balaban J connectivity index is 0.00000144. The summed E-state index contributed by atoms with van der Waals surface area (Å²) in [6.07, 6.45) is 0.845. The Morgan fingerprint density at radius 2 is 2.29 bits per heavy atom. The Bertz CT molecular complexity index is 403. The molecule has 94 valence electrons. The van der Waals surface area contributed by atoms with E-state index in [1.807, 2.05) is 6.92 Å². The second-order valence-electron chi connectivity index (χ2n) is 4.49. The molecule has 4 nitrogen and oxygen atoms in total. The molecule has 1 fully saturated rings. The highest BCUT2D eigenvalue weighted by molar-refractivity contribution is 5.95. The molecule has 1 aliphatic heterocycles. The summed E-state index contributed by atoms with van der Waals surface area (Å²) < 4.78 is 0. The molecule has 0 aromatic heterocycles. The molecule has 0 saturated carbocycles. The summed E-state index contributed by atoms with van der Waals surface area (Å²) in [5.41, 5.74) is 0.295. The van der Waals surface area contributed by atoms with Gasteiger partial charge in [-0.15, -0.1) is 12.4 Å². The van der Waals surface area contributed by atoms with Crippen LogP contribution in [0.2, 0.25) is 0 Å². The number of carbonyl (C=O) groups excluding carboxylic acids is 1. The van der Waals surface area contributed by atoms with Crippen LogP contribution in [0.15, 0.2) is 24.3 Å². The Hall–Kier alpha value is -1.26. The second kappa shape index (κ2) is 5.38. The van der Waals surface area contributed by atoms with Gasteiger partial charge < -0.3 is 15.7 Å². The molecule has 1 heterocycles. The van der Waals surface area contributed by atoms with E-state index in [-0.39, 0.29) is 29.5 Å². The van der Waals surface area contributed by atoms with E-state index in [4.69, 9.17) is 0 Å². The monoisotopic (exact) mass is 256 g/mol. The molecule has 1 atom stereocenters. The molecule has 1 aromatic carbocycles. The molecule has 1 unspecified atom stereocenters. The molecular weight excluding hydrogens is 240 g/mol. The van der Waals surface area contributed by atoms with Gasteiger partial charge in [-0.05, 0) is 32.0 Å². The third kappa shape index (κ3) is 3.11. The van der Waals surface area contributed by atoms with E-state index in [0.29, 0.717) is 12.2 Å². The molecule has 0 bridgehead atoms. The number of halogens is 1. The van der Waals surface area contributed by atoms with Crippen molar-refractivity contribution in [1.82, 2.24) is 5.32 Å². The lowest BCUT2D eigenvalue weighted by Crippen LogP contribution is -2.35. The molecule has 5 heteroatoms. The standard InChI is InChI=1S/C12H16N2O2.ClH/c1-12(5-6-13-8-12)11(16)14-9-3-2-4-10(15)7-9;/h2-4,7,13,15H,5-6,8H2,1H3,(H,14,16);1H. The highest BCUT2D eigenvalue weighted by Crippen LogP contribution is 2.27. The van der Waals surface area contributed by atoms with Crippen molar-refractivity contribution >= 4 is 24.0 Å². The summed E-state index contributed by atoms with van der Waals surface area (Å²) in [4.78, 5) is 12.0. The van der Waals surface area contributed by atoms with Gasteiger partial charge in [-0.3, -0.25) is 4.79 Å². The predicted molar refractivity (Wildman–Crippen MR) is 69.6 cm³/mol. The quantitative estimate of drug-likeness (QED) is 0.756. The van der Waals surface area contributed by atoms with Crippen LogP contribution in [0.5, 0.6) is 5.75 Å². The van der Waals surface area contributed by atoms with E-state index in [1.165, 1.54) is 0 Å². The minimum atomic E-state index is -0.342. The topological polar surface area (TPSA) is 61.4 Å². The van der Waals surface area contributed by atoms with E-state index >= 15 is 0 Å². The lowest BCUT2D eigenvalue weighted by atomic mass is 9.89. The molecular formula is C12H17ClN2O2. The van der Waals surface area contributed by atoms with Crippen LogP contribution < -0.4 is 10.6 Å². The van der Waals surface area contributed by atoms with Crippen LogP contribution in [0, 0.1) is 5.41 Å². The van der Waals surface area contributed by atoms with Crippen LogP contribution in [0.3, 0.4) is 0 Å². The number of carbonyl (C=O) groups is 1. The van der Waals surface area contributed by atoms with Crippen LogP contribution >= 0.6 is 12.4 Å². The fraction of sp³-hybridized carbons (Fsp3) is 0.417. The molecule has 1 amide bonds. The molecule has 0 radical (unpaired) electrons. The number of rotatable bonds is 2. The maximum Gasteiger partial charge on any atom is 0.231 e. The molecule has 3 N–H and O–H groups in total. The number of hydrogen-bond donors (Lipinski definition) is 3. The van der Waals surface area contributed by atoms with Crippen LogP contribution in [0.4, 0.5) is 5.69 Å². The van der Waals surface area contributed by atoms with Gasteiger partial charge in [0.25, 0.3) is 0 Å². The van der Waals surface area contributed by atoms with Gasteiger partial charge in [-0.2, -0.15) is 0 Å². The number of aromatic hydroxyl groups is 1. The molecule has 1 aromatic rings. The maximum atomic E-state index is 12.0. The van der Waals surface area contributed by atoms with Crippen LogP contribution in [-0.4, -0.2) is 24.1 Å². The average Bonchev–Trinajstić information content (AvgIpc) is 2.66. The van der Waals surface area contributed by atoms with Gasteiger partial charge >= 0.3 is 0 Å². The SMILES string of the molecule is CC1(C(=O)Nc2cccc(O)c2)CCNC1.Cl. The highest BCUT2D eigenvalue weighted by atomic mass is 35.5. The molecule has 0 aliphatic carbocycles. The first kappa shape index (κ1) is 13.8. The van der Waals surface area contributed by atoms with Gasteiger partial charge in [0.15, 0.2) is 0 Å². The Labute approximate surface area is 107 Å². The van der Waals surface area contributed by atoms with Gasteiger partial charge in [0.1, 0.15) is 5.75 Å². The van der Waals surface area contributed by atoms with Crippen molar-refractivity contribution in [2.75, 3.05) is 18.4 Å². The normalized spacial score (nSPS) is 22.9. The minimum absolute atomic E-state index is 0. The second-order valence-corrected chi connectivity index (χ2v) is 4.49. The molecule has 17 heavy (non-hydrogen) atoms. The Morgan fingerprint density at radius 1 is 1.53 bits per heavy atom. The zero-order valence-electron chi connectivity index (χ0n) is 9.69. The van der Waals surface area contributed by atoms with E-state index < -0.39 is 0 Å². The van der Waals surface area contributed by atoms with Crippen molar-refractivity contribution in [3.63, 3.8) is 0 Å². The number of hydrogen-bond acceptors (Lipinski definition) is 3. The van der Waals surface area contributed by atoms with Crippen LogP contribution in [-0.2, 0) is 4.79 Å². The summed E-state index contributed by atoms with van der Waals surface area (Å²) in [5.74, 6) is 0.163. The first-order chi connectivity index (χ1) is 7.60. The average molecular weight is 257 g/mol. The van der Waals surface area contributed by atoms with Crippen molar-refractivity contribution in [2.24, 2.45) is 5.41 Å². The number of phenolic OH excluding ortho intramolecular Hbond substituents is 1. The largest absolute Gasteiger partial charge is 0.508 e. The summed E-state index contributed by atoms with van der Waals surface area (Å²) in [7, 11) is 0. The van der Waals surface area contributed by atoms with Gasteiger partial charge in [-0.25, -0.2) is 0 Å². The number of amides is 1. The third-order valence-corrected chi connectivity index (χ3v) is 3.02. The van der Waals surface area contributed by atoms with Gasteiger partial charge in [-0.1, -0.05) is 6.07 Å². The zero-order valence-corrected chi connectivity index (χ0v) is 10.5. The maximum absolute atomic E-state index is 12.0. The molecule has 1 aliphatic rings. The predicted octanol–water partition coefficient (Wildman–Crippen LogP) is 1.75. The Kier molecular flexibility index (Phi) is 4.37. The summed E-state index contributed by atoms with van der Waals surface area (Å²) >= 11 is 0. The third-order valence-electron chi connectivity index (χ3n) is 3.02. The van der Waals surface area contributed by atoms with Crippen LogP contribution in [0.25, 0.3) is 0 Å². The fourth-order valence-electron chi connectivity index (χ4n) is 1.88. The lowest BCUT2D eigenvalue weighted by Gasteiger charge is -2.21. The summed E-state index contributed by atoms with van der Waals surface area (Å²) in [5, 5.41) is 15.3. The van der Waals surface area contributed by atoms with E-state index in [0.717, 1.165) is 13.0 Å². The number of nitrogens with one attached hydrogen (secondary N) is 2. The van der Waals surface area contributed by atoms with Crippen LogP contribution in [0.1, 0.15) is 13.3 Å². The lowest BCUT2D eigenvalue weighted by molar-refractivity contribution is -0.123. The summed E-state index contributed by atoms with van der Waals surface area (Å²) in [6.45, 7) is 3.53. The van der Waals surface area contributed by atoms with Crippen molar-refractivity contribution in [2.45, 2.75) is 13.3 Å².